The van der Waals surface area contributed by atoms with Gasteiger partial charge in [0.15, 0.2) is 0 Å². The van der Waals surface area contributed by atoms with Crippen molar-refractivity contribution in [1.29, 1.82) is 0 Å². The molecular formula is C13H15F3O2. The molecule has 18 heavy (non-hydrogen) atoms. The zero-order valence-electron chi connectivity index (χ0n) is 10.3. The Morgan fingerprint density at radius 1 is 1.22 bits per heavy atom. The minimum atomic E-state index is -4.47. The van der Waals surface area contributed by atoms with E-state index in [1.807, 2.05) is 0 Å². The maximum atomic E-state index is 13.0. The summed E-state index contributed by atoms with van der Waals surface area (Å²) in [6.45, 7) is 6.79. The third kappa shape index (κ3) is 3.18. The van der Waals surface area contributed by atoms with Crippen LogP contribution in [0.25, 0.3) is 0 Å². The molecule has 0 unspecified atom stereocenters. The number of ether oxygens (including phenoxy) is 2. The van der Waals surface area contributed by atoms with Crippen molar-refractivity contribution < 1.29 is 22.6 Å². The van der Waals surface area contributed by atoms with Gasteiger partial charge in [-0.05, 0) is 26.0 Å². The zero-order chi connectivity index (χ0) is 13.8. The van der Waals surface area contributed by atoms with Gasteiger partial charge >= 0.3 is 6.18 Å². The van der Waals surface area contributed by atoms with E-state index in [9.17, 15) is 13.2 Å². The highest BCUT2D eigenvalue weighted by atomic mass is 19.4. The van der Waals surface area contributed by atoms with Gasteiger partial charge in [-0.25, -0.2) is 0 Å². The van der Waals surface area contributed by atoms with E-state index in [4.69, 9.17) is 9.47 Å². The maximum Gasteiger partial charge on any atom is 0.420 e. The second-order valence-electron chi connectivity index (χ2n) is 3.59. The Labute approximate surface area is 104 Å². The summed E-state index contributed by atoms with van der Waals surface area (Å²) in [7, 11) is 0. The highest BCUT2D eigenvalue weighted by molar-refractivity contribution is 5.49. The molecule has 0 N–H and O–H groups in total. The summed E-state index contributed by atoms with van der Waals surface area (Å²) in [5, 5.41) is 0. The van der Waals surface area contributed by atoms with E-state index in [0.717, 1.165) is 0 Å². The molecule has 5 heteroatoms. The van der Waals surface area contributed by atoms with Gasteiger partial charge in [0.25, 0.3) is 0 Å². The maximum absolute atomic E-state index is 13.0. The Morgan fingerprint density at radius 2 is 1.83 bits per heavy atom. The van der Waals surface area contributed by atoms with E-state index < -0.39 is 11.7 Å². The van der Waals surface area contributed by atoms with Crippen molar-refractivity contribution in [2.45, 2.75) is 20.0 Å². The lowest BCUT2D eigenvalue weighted by molar-refractivity contribution is -0.139. The summed E-state index contributed by atoms with van der Waals surface area (Å²) in [4.78, 5) is 0. The first-order chi connectivity index (χ1) is 8.41. The largest absolute Gasteiger partial charge is 0.493 e. The lowest BCUT2D eigenvalue weighted by atomic mass is 10.1. The monoisotopic (exact) mass is 260 g/mol. The van der Waals surface area contributed by atoms with Gasteiger partial charge in [-0.15, -0.1) is 0 Å². The number of halogens is 3. The van der Waals surface area contributed by atoms with Crippen LogP contribution < -0.4 is 9.47 Å². The molecule has 0 saturated carbocycles. The van der Waals surface area contributed by atoms with Crippen molar-refractivity contribution >= 4 is 0 Å². The molecule has 2 nitrogen and oxygen atoms in total. The first-order valence-corrected chi connectivity index (χ1v) is 5.49. The standard InChI is InChI=1S/C13H15F3O2/c1-4-8-18-10-6-7-11(17-5-2)12(9(10)3)13(14,15)16/h4,6-7H,1,5,8H2,2-3H3. The first kappa shape index (κ1) is 14.4. The third-order valence-corrected chi connectivity index (χ3v) is 2.32. The summed E-state index contributed by atoms with van der Waals surface area (Å²) in [6.07, 6.45) is -2.99. The van der Waals surface area contributed by atoms with Crippen LogP contribution in [0.1, 0.15) is 18.1 Å². The van der Waals surface area contributed by atoms with Crippen molar-refractivity contribution in [1.82, 2.24) is 0 Å². The lowest BCUT2D eigenvalue weighted by Gasteiger charge is -2.18. The fraction of sp³-hybridized carbons (Fsp3) is 0.385. The van der Waals surface area contributed by atoms with Crippen LogP contribution in [0.3, 0.4) is 0 Å². The van der Waals surface area contributed by atoms with E-state index in [0.29, 0.717) is 0 Å². The molecule has 0 aliphatic carbocycles. The van der Waals surface area contributed by atoms with Gasteiger partial charge in [-0.2, -0.15) is 13.2 Å². The van der Waals surface area contributed by atoms with Crippen LogP contribution in [-0.2, 0) is 6.18 Å². The smallest absolute Gasteiger partial charge is 0.420 e. The Hall–Kier alpha value is -1.65. The summed E-state index contributed by atoms with van der Waals surface area (Å²) in [5.41, 5.74) is -0.763. The molecule has 0 aliphatic rings. The molecule has 0 heterocycles. The molecule has 0 aromatic heterocycles. The van der Waals surface area contributed by atoms with Crippen molar-refractivity contribution in [3.8, 4) is 11.5 Å². The van der Waals surface area contributed by atoms with Crippen LogP contribution >= 0.6 is 0 Å². The van der Waals surface area contributed by atoms with E-state index >= 15 is 0 Å². The number of hydrogen-bond acceptors (Lipinski definition) is 2. The minimum Gasteiger partial charge on any atom is -0.493 e. The summed E-state index contributed by atoms with van der Waals surface area (Å²) < 4.78 is 49.1. The number of alkyl halides is 3. The van der Waals surface area contributed by atoms with Gasteiger partial charge in [-0.1, -0.05) is 12.7 Å². The normalized spacial score (nSPS) is 11.2. The fourth-order valence-corrected chi connectivity index (χ4v) is 1.60. The molecule has 1 aromatic rings. The van der Waals surface area contributed by atoms with Crippen LogP contribution in [0.5, 0.6) is 11.5 Å². The highest BCUT2D eigenvalue weighted by Gasteiger charge is 2.37. The molecule has 0 radical (unpaired) electrons. The molecule has 0 aliphatic heterocycles. The topological polar surface area (TPSA) is 18.5 Å². The molecule has 1 aromatic carbocycles. The van der Waals surface area contributed by atoms with Crippen LogP contribution in [0.2, 0.25) is 0 Å². The van der Waals surface area contributed by atoms with Crippen molar-refractivity contribution in [2.24, 2.45) is 0 Å². The minimum absolute atomic E-state index is 0.0234. The number of benzene rings is 1. The van der Waals surface area contributed by atoms with Crippen LogP contribution in [0.15, 0.2) is 24.8 Å². The zero-order valence-corrected chi connectivity index (χ0v) is 10.3. The van der Waals surface area contributed by atoms with Crippen molar-refractivity contribution in [2.75, 3.05) is 13.2 Å². The highest BCUT2D eigenvalue weighted by Crippen LogP contribution is 2.41. The van der Waals surface area contributed by atoms with Crippen LogP contribution in [-0.4, -0.2) is 13.2 Å². The summed E-state index contributed by atoms with van der Waals surface area (Å²) in [5.74, 6) is 0.0131. The Kier molecular flexibility index (Phi) is 4.64. The van der Waals surface area contributed by atoms with E-state index in [2.05, 4.69) is 6.58 Å². The second-order valence-corrected chi connectivity index (χ2v) is 3.59. The quantitative estimate of drug-likeness (QED) is 0.745. The Bertz CT molecular complexity index is 425. The van der Waals surface area contributed by atoms with E-state index in [1.165, 1.54) is 25.1 Å². The number of hydrogen-bond donors (Lipinski definition) is 0. The van der Waals surface area contributed by atoms with E-state index in [-0.39, 0.29) is 30.3 Å². The Morgan fingerprint density at radius 3 is 2.33 bits per heavy atom. The van der Waals surface area contributed by atoms with Gasteiger partial charge in [-0.3, -0.25) is 0 Å². The molecule has 0 fully saturated rings. The molecule has 0 atom stereocenters. The molecule has 0 spiro atoms. The van der Waals surface area contributed by atoms with Crippen molar-refractivity contribution in [3.63, 3.8) is 0 Å². The van der Waals surface area contributed by atoms with E-state index in [1.54, 1.807) is 6.92 Å². The van der Waals surface area contributed by atoms with Gasteiger partial charge < -0.3 is 9.47 Å². The van der Waals surface area contributed by atoms with Crippen molar-refractivity contribution in [3.05, 3.63) is 35.9 Å². The summed E-state index contributed by atoms with van der Waals surface area (Å²) in [6, 6.07) is 2.75. The molecular weight excluding hydrogens is 245 g/mol. The molecule has 0 bridgehead atoms. The molecule has 100 valence electrons. The predicted octanol–water partition coefficient (Wildman–Crippen LogP) is 3.98. The SMILES string of the molecule is C=CCOc1ccc(OCC)c(C(F)(F)F)c1C. The van der Waals surface area contributed by atoms with Gasteiger partial charge in [0.05, 0.1) is 6.61 Å². The van der Waals surface area contributed by atoms with Gasteiger partial charge in [0.2, 0.25) is 0 Å². The molecule has 0 saturated heterocycles. The fourth-order valence-electron chi connectivity index (χ4n) is 1.60. The van der Waals surface area contributed by atoms with Gasteiger partial charge in [0, 0.05) is 5.56 Å². The third-order valence-electron chi connectivity index (χ3n) is 2.32. The average molecular weight is 260 g/mol. The predicted molar refractivity (Wildman–Crippen MR) is 63.0 cm³/mol. The second kappa shape index (κ2) is 5.80. The Balaban J connectivity index is 3.26. The lowest BCUT2D eigenvalue weighted by Crippen LogP contribution is -2.12. The summed E-state index contributed by atoms with van der Waals surface area (Å²) >= 11 is 0. The van der Waals surface area contributed by atoms with Crippen LogP contribution in [0.4, 0.5) is 13.2 Å². The molecule has 1 rings (SSSR count). The van der Waals surface area contributed by atoms with Gasteiger partial charge in [0.1, 0.15) is 23.7 Å². The first-order valence-electron chi connectivity index (χ1n) is 5.49. The number of rotatable bonds is 5. The van der Waals surface area contributed by atoms with Crippen LogP contribution in [0, 0.1) is 6.92 Å². The average Bonchev–Trinajstić information content (AvgIpc) is 2.26. The molecule has 0 amide bonds.